The van der Waals surface area contributed by atoms with Crippen molar-refractivity contribution < 1.29 is 9.53 Å². The van der Waals surface area contributed by atoms with Crippen molar-refractivity contribution in [2.75, 3.05) is 32.1 Å². The van der Waals surface area contributed by atoms with E-state index in [1.54, 1.807) is 6.20 Å². The molecule has 0 N–H and O–H groups in total. The Morgan fingerprint density at radius 2 is 2.00 bits per heavy atom. The molecule has 23 heavy (non-hydrogen) atoms. The zero-order chi connectivity index (χ0) is 16.2. The third-order valence-corrected chi connectivity index (χ3v) is 3.99. The number of amides is 1. The minimum atomic E-state index is 0.00917. The van der Waals surface area contributed by atoms with E-state index in [0.29, 0.717) is 24.5 Å². The van der Waals surface area contributed by atoms with Gasteiger partial charge in [0.1, 0.15) is 6.10 Å². The first kappa shape index (κ1) is 15.3. The van der Waals surface area contributed by atoms with Crippen molar-refractivity contribution >= 4 is 11.6 Å². The normalized spacial score (nSPS) is 17.1. The SMILES string of the molecule is CN(C)c1ccc(C(=O)N2CCC(Oc3ccccn3)C2)cc1. The first-order chi connectivity index (χ1) is 11.1. The number of pyridine rings is 1. The fraction of sp³-hybridized carbons (Fsp3) is 0.333. The van der Waals surface area contributed by atoms with E-state index >= 15 is 0 Å². The lowest BCUT2D eigenvalue weighted by atomic mass is 10.2. The average molecular weight is 311 g/mol. The van der Waals surface area contributed by atoms with Gasteiger partial charge in [0.2, 0.25) is 5.88 Å². The van der Waals surface area contributed by atoms with E-state index in [2.05, 4.69) is 4.98 Å². The molecule has 1 aromatic carbocycles. The molecule has 2 heterocycles. The summed E-state index contributed by atoms with van der Waals surface area (Å²) in [7, 11) is 3.97. The van der Waals surface area contributed by atoms with Crippen LogP contribution in [0, 0.1) is 0 Å². The van der Waals surface area contributed by atoms with Crippen LogP contribution in [0.3, 0.4) is 0 Å². The lowest BCUT2D eigenvalue weighted by Gasteiger charge is -2.18. The monoisotopic (exact) mass is 311 g/mol. The van der Waals surface area contributed by atoms with Gasteiger partial charge >= 0.3 is 0 Å². The summed E-state index contributed by atoms with van der Waals surface area (Å²) in [5, 5.41) is 0. The molecule has 2 aromatic rings. The van der Waals surface area contributed by atoms with Gasteiger partial charge < -0.3 is 14.5 Å². The molecule has 3 rings (SSSR count). The second-order valence-corrected chi connectivity index (χ2v) is 5.89. The lowest BCUT2D eigenvalue weighted by molar-refractivity contribution is 0.0771. The molecule has 1 amide bonds. The van der Waals surface area contributed by atoms with E-state index in [1.165, 1.54) is 0 Å². The van der Waals surface area contributed by atoms with Crippen LogP contribution >= 0.6 is 0 Å². The van der Waals surface area contributed by atoms with Crippen molar-refractivity contribution in [2.45, 2.75) is 12.5 Å². The maximum absolute atomic E-state index is 12.6. The number of aromatic nitrogens is 1. The van der Waals surface area contributed by atoms with E-state index in [1.807, 2.05) is 66.4 Å². The molecule has 1 saturated heterocycles. The summed E-state index contributed by atoms with van der Waals surface area (Å²) in [6, 6.07) is 13.3. The van der Waals surface area contributed by atoms with Crippen LogP contribution in [0.25, 0.3) is 0 Å². The number of anilines is 1. The predicted molar refractivity (Wildman–Crippen MR) is 89.9 cm³/mol. The van der Waals surface area contributed by atoms with Gasteiger partial charge in [-0.05, 0) is 30.3 Å². The van der Waals surface area contributed by atoms with Crippen LogP contribution in [-0.4, -0.2) is 49.1 Å². The molecular formula is C18H21N3O2. The van der Waals surface area contributed by atoms with Gasteiger partial charge in [0.25, 0.3) is 5.91 Å². The Bertz CT molecular complexity index is 656. The molecule has 0 saturated carbocycles. The van der Waals surface area contributed by atoms with Crippen molar-refractivity contribution in [3.8, 4) is 5.88 Å². The van der Waals surface area contributed by atoms with Crippen LogP contribution in [0.15, 0.2) is 48.7 Å². The highest BCUT2D eigenvalue weighted by molar-refractivity contribution is 5.94. The van der Waals surface area contributed by atoms with Crippen LogP contribution in [0.5, 0.6) is 5.88 Å². The summed E-state index contributed by atoms with van der Waals surface area (Å²) >= 11 is 0. The van der Waals surface area contributed by atoms with Gasteiger partial charge in [-0.2, -0.15) is 0 Å². The molecule has 0 bridgehead atoms. The third kappa shape index (κ3) is 3.62. The number of ether oxygens (including phenoxy) is 1. The standard InChI is InChI=1S/C18H21N3O2/c1-20(2)15-8-6-14(7-9-15)18(22)21-12-10-16(13-21)23-17-5-3-4-11-19-17/h3-9,11,16H,10,12-13H2,1-2H3. The van der Waals surface area contributed by atoms with Gasteiger partial charge in [-0.25, -0.2) is 4.98 Å². The largest absolute Gasteiger partial charge is 0.472 e. The number of benzene rings is 1. The summed E-state index contributed by atoms with van der Waals surface area (Å²) in [5.74, 6) is 0.671. The zero-order valence-corrected chi connectivity index (χ0v) is 13.5. The Morgan fingerprint density at radius 1 is 1.22 bits per heavy atom. The van der Waals surface area contributed by atoms with Crippen molar-refractivity contribution in [3.05, 3.63) is 54.2 Å². The number of hydrogen-bond acceptors (Lipinski definition) is 4. The number of rotatable bonds is 4. The molecular weight excluding hydrogens is 290 g/mol. The summed E-state index contributed by atoms with van der Waals surface area (Å²) in [6.07, 6.45) is 2.55. The Labute approximate surface area is 136 Å². The highest BCUT2D eigenvalue weighted by atomic mass is 16.5. The van der Waals surface area contributed by atoms with Crippen LogP contribution in [0.4, 0.5) is 5.69 Å². The highest BCUT2D eigenvalue weighted by Crippen LogP contribution is 2.19. The first-order valence-electron chi connectivity index (χ1n) is 7.78. The fourth-order valence-electron chi connectivity index (χ4n) is 2.68. The van der Waals surface area contributed by atoms with Gasteiger partial charge in [-0.3, -0.25) is 4.79 Å². The number of carbonyl (C=O) groups excluding carboxylic acids is 1. The molecule has 1 aliphatic rings. The minimum Gasteiger partial charge on any atom is -0.472 e. The molecule has 1 aromatic heterocycles. The summed E-state index contributed by atoms with van der Waals surface area (Å²) in [4.78, 5) is 20.6. The van der Waals surface area contributed by atoms with Gasteiger partial charge in [-0.1, -0.05) is 6.07 Å². The van der Waals surface area contributed by atoms with Gasteiger partial charge in [0.05, 0.1) is 6.54 Å². The molecule has 5 nitrogen and oxygen atoms in total. The van der Waals surface area contributed by atoms with E-state index in [9.17, 15) is 4.79 Å². The Hall–Kier alpha value is -2.56. The molecule has 0 aliphatic carbocycles. The minimum absolute atomic E-state index is 0.00917. The smallest absolute Gasteiger partial charge is 0.253 e. The van der Waals surface area contributed by atoms with Crippen molar-refractivity contribution in [1.82, 2.24) is 9.88 Å². The lowest BCUT2D eigenvalue weighted by Crippen LogP contribution is -2.31. The Kier molecular flexibility index (Phi) is 4.46. The molecule has 0 spiro atoms. The summed E-state index contributed by atoms with van der Waals surface area (Å²) < 4.78 is 5.83. The van der Waals surface area contributed by atoms with Gasteiger partial charge in [-0.15, -0.1) is 0 Å². The van der Waals surface area contributed by atoms with Crippen molar-refractivity contribution in [2.24, 2.45) is 0 Å². The highest BCUT2D eigenvalue weighted by Gasteiger charge is 2.28. The third-order valence-electron chi connectivity index (χ3n) is 3.99. The molecule has 1 fully saturated rings. The second kappa shape index (κ2) is 6.69. The fourth-order valence-corrected chi connectivity index (χ4v) is 2.68. The molecule has 5 heteroatoms. The summed E-state index contributed by atoms with van der Waals surface area (Å²) in [6.45, 7) is 1.32. The number of nitrogens with zero attached hydrogens (tertiary/aromatic N) is 3. The van der Waals surface area contributed by atoms with Crippen LogP contribution in [0.1, 0.15) is 16.8 Å². The predicted octanol–water partition coefficient (Wildman–Crippen LogP) is 2.44. The molecule has 120 valence electrons. The maximum atomic E-state index is 12.6. The topological polar surface area (TPSA) is 45.7 Å². The first-order valence-corrected chi connectivity index (χ1v) is 7.78. The quantitative estimate of drug-likeness (QED) is 0.870. The summed E-state index contributed by atoms with van der Waals surface area (Å²) in [5.41, 5.74) is 1.80. The van der Waals surface area contributed by atoms with Crippen LogP contribution in [0.2, 0.25) is 0 Å². The van der Waals surface area contributed by atoms with Crippen molar-refractivity contribution in [1.29, 1.82) is 0 Å². The van der Waals surface area contributed by atoms with E-state index < -0.39 is 0 Å². The average Bonchev–Trinajstić information content (AvgIpc) is 3.03. The van der Waals surface area contributed by atoms with Crippen LogP contribution < -0.4 is 9.64 Å². The number of carbonyl (C=O) groups is 1. The second-order valence-electron chi connectivity index (χ2n) is 5.89. The Morgan fingerprint density at radius 3 is 2.65 bits per heavy atom. The molecule has 1 atom stereocenters. The number of hydrogen-bond donors (Lipinski definition) is 0. The van der Waals surface area contributed by atoms with Gasteiger partial charge in [0.15, 0.2) is 0 Å². The van der Waals surface area contributed by atoms with Crippen LogP contribution in [-0.2, 0) is 0 Å². The number of likely N-dealkylation sites (tertiary alicyclic amines) is 1. The van der Waals surface area contributed by atoms with E-state index in [0.717, 1.165) is 12.1 Å². The maximum Gasteiger partial charge on any atom is 0.253 e. The zero-order valence-electron chi connectivity index (χ0n) is 13.5. The van der Waals surface area contributed by atoms with E-state index in [4.69, 9.17) is 4.74 Å². The molecule has 1 unspecified atom stereocenters. The van der Waals surface area contributed by atoms with E-state index in [-0.39, 0.29) is 12.0 Å². The Balaban J connectivity index is 1.61. The van der Waals surface area contributed by atoms with Gasteiger partial charge in [0, 0.05) is 50.6 Å². The molecule has 1 aliphatic heterocycles. The van der Waals surface area contributed by atoms with Crippen molar-refractivity contribution in [3.63, 3.8) is 0 Å². The molecule has 0 radical (unpaired) electrons.